The number of aryl methyl sites for hydroxylation is 1. The van der Waals surface area contributed by atoms with Gasteiger partial charge in [-0.2, -0.15) is 4.31 Å². The molecule has 0 spiro atoms. The van der Waals surface area contributed by atoms with E-state index in [0.29, 0.717) is 44.0 Å². The Labute approximate surface area is 144 Å². The Balaban J connectivity index is 2.05. The maximum absolute atomic E-state index is 12.8. The van der Waals surface area contributed by atoms with Crippen molar-refractivity contribution in [2.24, 2.45) is 0 Å². The SMILES string of the molecule is CCCNC(=O)N1CCCN(S(=O)(=O)c2ccc(CC)cc2)CC1. The van der Waals surface area contributed by atoms with Crippen molar-refractivity contribution in [3.05, 3.63) is 29.8 Å². The number of carbonyl (C=O) groups excluding carboxylic acids is 1. The van der Waals surface area contributed by atoms with Crippen LogP contribution in [0.2, 0.25) is 0 Å². The maximum Gasteiger partial charge on any atom is 0.317 e. The highest BCUT2D eigenvalue weighted by molar-refractivity contribution is 7.89. The zero-order chi connectivity index (χ0) is 17.6. The fraction of sp³-hybridized carbons (Fsp3) is 0.588. The Morgan fingerprint density at radius 3 is 2.42 bits per heavy atom. The van der Waals surface area contributed by atoms with Crippen LogP contribution < -0.4 is 5.32 Å². The first-order valence-corrected chi connectivity index (χ1v) is 10.0. The van der Waals surface area contributed by atoms with Crippen molar-refractivity contribution in [3.63, 3.8) is 0 Å². The molecule has 7 heteroatoms. The van der Waals surface area contributed by atoms with E-state index in [1.807, 2.05) is 26.0 Å². The lowest BCUT2D eigenvalue weighted by Crippen LogP contribution is -2.42. The lowest BCUT2D eigenvalue weighted by atomic mass is 10.2. The van der Waals surface area contributed by atoms with E-state index in [1.54, 1.807) is 17.0 Å². The highest BCUT2D eigenvalue weighted by Crippen LogP contribution is 2.18. The van der Waals surface area contributed by atoms with Crippen LogP contribution in [0, 0.1) is 0 Å². The molecule has 6 nitrogen and oxygen atoms in total. The molecule has 1 heterocycles. The van der Waals surface area contributed by atoms with Crippen LogP contribution in [0.25, 0.3) is 0 Å². The summed E-state index contributed by atoms with van der Waals surface area (Å²) in [6.07, 6.45) is 2.41. The average Bonchev–Trinajstić information content (AvgIpc) is 2.86. The normalized spacial score (nSPS) is 16.7. The van der Waals surface area contributed by atoms with E-state index in [1.165, 1.54) is 4.31 Å². The highest BCUT2D eigenvalue weighted by atomic mass is 32.2. The molecule has 1 fully saturated rings. The fourth-order valence-electron chi connectivity index (χ4n) is 2.73. The Kier molecular flexibility index (Phi) is 6.62. The van der Waals surface area contributed by atoms with Crippen LogP contribution in [-0.4, -0.2) is 56.4 Å². The summed E-state index contributed by atoms with van der Waals surface area (Å²) >= 11 is 0. The average molecular weight is 353 g/mol. The maximum atomic E-state index is 12.8. The van der Waals surface area contributed by atoms with Crippen molar-refractivity contribution in [1.29, 1.82) is 0 Å². The quantitative estimate of drug-likeness (QED) is 0.881. The van der Waals surface area contributed by atoms with Gasteiger partial charge in [0.15, 0.2) is 0 Å². The minimum absolute atomic E-state index is 0.108. The van der Waals surface area contributed by atoms with Crippen molar-refractivity contribution in [3.8, 4) is 0 Å². The van der Waals surface area contributed by atoms with Crippen molar-refractivity contribution in [2.45, 2.75) is 38.0 Å². The summed E-state index contributed by atoms with van der Waals surface area (Å²) in [5, 5.41) is 2.85. The van der Waals surface area contributed by atoms with Crippen LogP contribution in [0.1, 0.15) is 32.3 Å². The predicted octanol–water partition coefficient (Wildman–Crippen LogP) is 2.06. The van der Waals surface area contributed by atoms with Gasteiger partial charge in [-0.05, 0) is 37.0 Å². The molecule has 0 aliphatic carbocycles. The van der Waals surface area contributed by atoms with E-state index >= 15 is 0 Å². The van der Waals surface area contributed by atoms with E-state index in [0.717, 1.165) is 18.4 Å². The number of hydrogen-bond acceptors (Lipinski definition) is 3. The molecule has 134 valence electrons. The van der Waals surface area contributed by atoms with Gasteiger partial charge in [0.1, 0.15) is 0 Å². The molecular weight excluding hydrogens is 326 g/mol. The lowest BCUT2D eigenvalue weighted by molar-refractivity contribution is 0.200. The molecule has 24 heavy (non-hydrogen) atoms. The summed E-state index contributed by atoms with van der Waals surface area (Å²) in [6, 6.07) is 6.95. The Morgan fingerprint density at radius 2 is 1.79 bits per heavy atom. The van der Waals surface area contributed by atoms with Crippen molar-refractivity contribution >= 4 is 16.1 Å². The summed E-state index contributed by atoms with van der Waals surface area (Å²) < 4.78 is 27.1. The molecule has 0 saturated carbocycles. The molecule has 1 saturated heterocycles. The van der Waals surface area contributed by atoms with Gasteiger partial charge in [0.05, 0.1) is 4.90 Å². The van der Waals surface area contributed by atoms with Crippen LogP contribution in [0.4, 0.5) is 4.79 Å². The molecule has 1 aliphatic heterocycles. The summed E-state index contributed by atoms with van der Waals surface area (Å²) in [7, 11) is -3.50. The molecular formula is C17H27N3O3S. The van der Waals surface area contributed by atoms with Crippen LogP contribution in [0.15, 0.2) is 29.2 Å². The van der Waals surface area contributed by atoms with E-state index in [-0.39, 0.29) is 6.03 Å². The molecule has 0 atom stereocenters. The second-order valence-corrected chi connectivity index (χ2v) is 7.91. The Morgan fingerprint density at radius 1 is 1.08 bits per heavy atom. The Hall–Kier alpha value is -1.60. The molecule has 0 radical (unpaired) electrons. The lowest BCUT2D eigenvalue weighted by Gasteiger charge is -2.22. The summed E-state index contributed by atoms with van der Waals surface area (Å²) in [6.45, 7) is 6.45. The third-order valence-corrected chi connectivity index (χ3v) is 6.15. The number of rotatable bonds is 5. The minimum atomic E-state index is -3.50. The zero-order valence-corrected chi connectivity index (χ0v) is 15.3. The van der Waals surface area contributed by atoms with Gasteiger partial charge in [-0.15, -0.1) is 0 Å². The second kappa shape index (κ2) is 8.48. The van der Waals surface area contributed by atoms with Gasteiger partial charge in [0.25, 0.3) is 0 Å². The van der Waals surface area contributed by atoms with Gasteiger partial charge in [-0.1, -0.05) is 26.0 Å². The van der Waals surface area contributed by atoms with E-state index in [4.69, 9.17) is 0 Å². The molecule has 2 rings (SSSR count). The highest BCUT2D eigenvalue weighted by Gasteiger charge is 2.28. The number of urea groups is 1. The molecule has 0 aromatic heterocycles. The largest absolute Gasteiger partial charge is 0.338 e. The Bertz CT molecular complexity index is 644. The van der Waals surface area contributed by atoms with Gasteiger partial charge >= 0.3 is 6.03 Å². The van der Waals surface area contributed by atoms with Gasteiger partial charge in [-0.25, -0.2) is 13.2 Å². The molecule has 1 aromatic rings. The van der Waals surface area contributed by atoms with Crippen LogP contribution >= 0.6 is 0 Å². The molecule has 0 bridgehead atoms. The van der Waals surface area contributed by atoms with Gasteiger partial charge in [0, 0.05) is 32.7 Å². The van der Waals surface area contributed by atoms with Crippen molar-refractivity contribution < 1.29 is 13.2 Å². The van der Waals surface area contributed by atoms with E-state index < -0.39 is 10.0 Å². The third-order valence-electron chi connectivity index (χ3n) is 4.24. The topological polar surface area (TPSA) is 69.7 Å². The first kappa shape index (κ1) is 18.7. The summed E-state index contributed by atoms with van der Waals surface area (Å²) in [5.41, 5.74) is 1.11. The number of hydrogen-bond donors (Lipinski definition) is 1. The summed E-state index contributed by atoms with van der Waals surface area (Å²) in [4.78, 5) is 14.1. The molecule has 1 aromatic carbocycles. The first-order chi connectivity index (χ1) is 11.5. The predicted molar refractivity (Wildman–Crippen MR) is 94.5 cm³/mol. The van der Waals surface area contributed by atoms with Gasteiger partial charge in [0.2, 0.25) is 10.0 Å². The fourth-order valence-corrected chi connectivity index (χ4v) is 4.20. The van der Waals surface area contributed by atoms with E-state index in [9.17, 15) is 13.2 Å². The van der Waals surface area contributed by atoms with Crippen LogP contribution in [-0.2, 0) is 16.4 Å². The van der Waals surface area contributed by atoms with Gasteiger partial charge < -0.3 is 10.2 Å². The first-order valence-electron chi connectivity index (χ1n) is 8.61. The number of nitrogens with zero attached hydrogens (tertiary/aromatic N) is 2. The van der Waals surface area contributed by atoms with Crippen LogP contribution in [0.5, 0.6) is 0 Å². The molecule has 1 aliphatic rings. The van der Waals surface area contributed by atoms with E-state index in [2.05, 4.69) is 5.32 Å². The molecule has 2 amide bonds. The number of amides is 2. The smallest absolute Gasteiger partial charge is 0.317 e. The van der Waals surface area contributed by atoms with Crippen molar-refractivity contribution in [2.75, 3.05) is 32.7 Å². The molecule has 1 N–H and O–H groups in total. The standard InChI is InChI=1S/C17H27N3O3S/c1-3-10-18-17(21)19-11-5-12-20(14-13-19)24(22,23)16-8-6-15(4-2)7-9-16/h6-9H,3-5,10-14H2,1-2H3,(H,18,21). The summed E-state index contributed by atoms with van der Waals surface area (Å²) in [5.74, 6) is 0. The monoisotopic (exact) mass is 353 g/mol. The number of nitrogens with one attached hydrogen (secondary N) is 1. The number of sulfonamides is 1. The third kappa shape index (κ3) is 4.48. The molecule has 0 unspecified atom stereocenters. The zero-order valence-electron chi connectivity index (χ0n) is 14.5. The van der Waals surface area contributed by atoms with Crippen LogP contribution in [0.3, 0.4) is 0 Å². The van der Waals surface area contributed by atoms with Crippen molar-refractivity contribution in [1.82, 2.24) is 14.5 Å². The second-order valence-electron chi connectivity index (χ2n) is 5.97. The van der Waals surface area contributed by atoms with Gasteiger partial charge in [-0.3, -0.25) is 0 Å². The number of benzene rings is 1. The number of carbonyl (C=O) groups is 1. The minimum Gasteiger partial charge on any atom is -0.338 e.